The van der Waals surface area contributed by atoms with Gasteiger partial charge >= 0.3 is 5.97 Å². The number of ether oxygens (including phenoxy) is 2. The monoisotopic (exact) mass is 364 g/mol. The third kappa shape index (κ3) is 7.02. The van der Waals surface area contributed by atoms with Crippen molar-refractivity contribution in [3.05, 3.63) is 29.8 Å². The summed E-state index contributed by atoms with van der Waals surface area (Å²) in [6.07, 6.45) is 11.7. The Balaban J connectivity index is 1.61. The van der Waals surface area contributed by atoms with E-state index in [2.05, 4.69) is 25.1 Å². The van der Waals surface area contributed by atoms with Crippen molar-refractivity contribution < 1.29 is 14.3 Å². The number of benzene rings is 1. The molecule has 0 N–H and O–H groups in total. The number of thioether (sulfide) groups is 1. The first-order valence-electron chi connectivity index (χ1n) is 9.73. The van der Waals surface area contributed by atoms with Gasteiger partial charge in [-0.2, -0.15) is 0 Å². The average molecular weight is 365 g/mol. The van der Waals surface area contributed by atoms with Crippen LogP contribution >= 0.6 is 11.8 Å². The number of hydrogen-bond acceptors (Lipinski definition) is 4. The Morgan fingerprint density at radius 1 is 1.04 bits per heavy atom. The number of methoxy groups -OCH3 is 1. The van der Waals surface area contributed by atoms with Gasteiger partial charge in [0.25, 0.3) is 0 Å². The molecule has 4 heteroatoms. The van der Waals surface area contributed by atoms with Crippen molar-refractivity contribution in [2.45, 2.75) is 81.8 Å². The van der Waals surface area contributed by atoms with Gasteiger partial charge in [-0.05, 0) is 23.8 Å². The summed E-state index contributed by atoms with van der Waals surface area (Å²) in [4.78, 5) is 12.8. The molecule has 1 aliphatic rings. The second-order valence-electron chi connectivity index (χ2n) is 6.72. The van der Waals surface area contributed by atoms with Crippen LogP contribution in [0.25, 0.3) is 0 Å². The van der Waals surface area contributed by atoms with Crippen molar-refractivity contribution in [2.75, 3.05) is 12.9 Å². The Morgan fingerprint density at radius 2 is 1.68 bits per heavy atom. The molecule has 0 radical (unpaired) electrons. The van der Waals surface area contributed by atoms with Gasteiger partial charge in [0.15, 0.2) is 6.10 Å². The van der Waals surface area contributed by atoms with Crippen molar-refractivity contribution in [1.82, 2.24) is 0 Å². The van der Waals surface area contributed by atoms with Gasteiger partial charge in [0.1, 0.15) is 6.10 Å². The van der Waals surface area contributed by atoms with Crippen LogP contribution in [-0.2, 0) is 14.3 Å². The maximum atomic E-state index is 11.6. The quantitative estimate of drug-likeness (QED) is 0.188. The molecule has 140 valence electrons. The SMILES string of the molecule is CCCCCCCCCCCSc1ccccc1C1OC1C(=O)OC. The van der Waals surface area contributed by atoms with Crippen molar-refractivity contribution in [3.63, 3.8) is 0 Å². The van der Waals surface area contributed by atoms with Crippen LogP contribution in [-0.4, -0.2) is 24.9 Å². The molecule has 2 rings (SSSR count). The van der Waals surface area contributed by atoms with E-state index in [1.807, 2.05) is 17.8 Å². The van der Waals surface area contributed by atoms with Gasteiger partial charge < -0.3 is 9.47 Å². The summed E-state index contributed by atoms with van der Waals surface area (Å²) in [5, 5.41) is 0. The summed E-state index contributed by atoms with van der Waals surface area (Å²) < 4.78 is 10.3. The number of esters is 1. The second kappa shape index (κ2) is 11.6. The van der Waals surface area contributed by atoms with E-state index in [0.717, 1.165) is 11.3 Å². The number of epoxide rings is 1. The Labute approximate surface area is 156 Å². The Morgan fingerprint density at radius 3 is 2.36 bits per heavy atom. The molecule has 1 fully saturated rings. The molecular weight excluding hydrogens is 332 g/mol. The average Bonchev–Trinajstić information content (AvgIpc) is 3.43. The fraction of sp³-hybridized carbons (Fsp3) is 0.667. The standard InChI is InChI=1S/C21H32O3S/c1-3-4-5-6-7-8-9-10-13-16-25-18-15-12-11-14-17(18)19-20(24-19)21(22)23-2/h11-12,14-15,19-20H,3-10,13,16H2,1-2H3. The summed E-state index contributed by atoms with van der Waals surface area (Å²) in [5.41, 5.74) is 1.12. The molecule has 0 bridgehead atoms. The van der Waals surface area contributed by atoms with Crippen LogP contribution in [0.3, 0.4) is 0 Å². The molecule has 0 aliphatic carbocycles. The summed E-state index contributed by atoms with van der Waals surface area (Å²) >= 11 is 1.88. The number of unbranched alkanes of at least 4 members (excludes halogenated alkanes) is 8. The largest absolute Gasteiger partial charge is 0.467 e. The van der Waals surface area contributed by atoms with Gasteiger partial charge in [-0.1, -0.05) is 76.5 Å². The first-order chi connectivity index (χ1) is 12.3. The summed E-state index contributed by atoms with van der Waals surface area (Å²) in [5.74, 6) is 0.853. The van der Waals surface area contributed by atoms with E-state index < -0.39 is 6.10 Å². The van der Waals surface area contributed by atoms with Crippen molar-refractivity contribution in [1.29, 1.82) is 0 Å². The van der Waals surface area contributed by atoms with E-state index >= 15 is 0 Å². The molecule has 1 aromatic carbocycles. The Kier molecular flexibility index (Phi) is 9.41. The van der Waals surface area contributed by atoms with Gasteiger partial charge in [0.05, 0.1) is 7.11 Å². The number of hydrogen-bond donors (Lipinski definition) is 0. The normalized spacial score (nSPS) is 19.0. The molecule has 0 spiro atoms. The molecule has 2 atom stereocenters. The first kappa shape index (κ1) is 20.3. The van der Waals surface area contributed by atoms with Crippen LogP contribution in [0.15, 0.2) is 29.2 Å². The van der Waals surface area contributed by atoms with E-state index in [1.54, 1.807) is 0 Å². The van der Waals surface area contributed by atoms with E-state index in [4.69, 9.17) is 9.47 Å². The molecule has 2 unspecified atom stereocenters. The van der Waals surface area contributed by atoms with Crippen molar-refractivity contribution in [3.8, 4) is 0 Å². The van der Waals surface area contributed by atoms with Gasteiger partial charge in [0, 0.05) is 4.90 Å². The summed E-state index contributed by atoms with van der Waals surface area (Å²) in [6, 6.07) is 8.25. The lowest BCUT2D eigenvalue weighted by molar-refractivity contribution is -0.142. The molecular formula is C21H32O3S. The van der Waals surface area contributed by atoms with Crippen LogP contribution in [0.1, 0.15) is 76.4 Å². The highest BCUT2D eigenvalue weighted by molar-refractivity contribution is 7.99. The number of carbonyl (C=O) groups excluding carboxylic acids is 1. The summed E-state index contributed by atoms with van der Waals surface area (Å²) in [7, 11) is 1.41. The smallest absolute Gasteiger partial charge is 0.338 e. The molecule has 0 aromatic heterocycles. The number of rotatable bonds is 13. The highest BCUT2D eigenvalue weighted by Crippen LogP contribution is 2.43. The molecule has 1 saturated heterocycles. The Bertz CT molecular complexity index is 518. The van der Waals surface area contributed by atoms with E-state index in [9.17, 15) is 4.79 Å². The molecule has 1 aromatic rings. The van der Waals surface area contributed by atoms with E-state index in [1.165, 1.54) is 69.8 Å². The third-order valence-electron chi connectivity index (χ3n) is 4.66. The lowest BCUT2D eigenvalue weighted by Crippen LogP contribution is -2.09. The molecule has 1 heterocycles. The van der Waals surface area contributed by atoms with Crippen LogP contribution in [0, 0.1) is 0 Å². The summed E-state index contributed by atoms with van der Waals surface area (Å²) in [6.45, 7) is 2.26. The van der Waals surface area contributed by atoms with E-state index in [-0.39, 0.29) is 12.1 Å². The minimum atomic E-state index is -0.417. The molecule has 0 saturated carbocycles. The minimum Gasteiger partial charge on any atom is -0.467 e. The van der Waals surface area contributed by atoms with Gasteiger partial charge in [-0.15, -0.1) is 11.8 Å². The second-order valence-corrected chi connectivity index (χ2v) is 7.85. The Hall–Kier alpha value is -1.00. The highest BCUT2D eigenvalue weighted by Gasteiger charge is 2.48. The van der Waals surface area contributed by atoms with Crippen LogP contribution < -0.4 is 0 Å². The predicted octanol–water partition coefficient (Wildman–Crippen LogP) is 5.92. The maximum Gasteiger partial charge on any atom is 0.338 e. The van der Waals surface area contributed by atoms with Gasteiger partial charge in [0.2, 0.25) is 0 Å². The minimum absolute atomic E-state index is 0.126. The molecule has 25 heavy (non-hydrogen) atoms. The third-order valence-corrected chi connectivity index (χ3v) is 5.83. The molecule has 1 aliphatic heterocycles. The molecule has 0 amide bonds. The van der Waals surface area contributed by atoms with E-state index in [0.29, 0.717) is 0 Å². The maximum absolute atomic E-state index is 11.6. The number of carbonyl (C=O) groups is 1. The lowest BCUT2D eigenvalue weighted by atomic mass is 10.1. The zero-order valence-electron chi connectivity index (χ0n) is 15.7. The van der Waals surface area contributed by atoms with Gasteiger partial charge in [-0.25, -0.2) is 4.79 Å². The molecule has 3 nitrogen and oxygen atoms in total. The van der Waals surface area contributed by atoms with Crippen molar-refractivity contribution in [2.24, 2.45) is 0 Å². The zero-order valence-corrected chi connectivity index (χ0v) is 16.5. The van der Waals surface area contributed by atoms with Gasteiger partial charge in [-0.3, -0.25) is 0 Å². The fourth-order valence-corrected chi connectivity index (χ4v) is 4.18. The lowest BCUT2D eigenvalue weighted by Gasteiger charge is -2.07. The van der Waals surface area contributed by atoms with Crippen molar-refractivity contribution >= 4 is 17.7 Å². The van der Waals surface area contributed by atoms with Crippen LogP contribution in [0.2, 0.25) is 0 Å². The fourth-order valence-electron chi connectivity index (χ4n) is 3.09. The zero-order chi connectivity index (χ0) is 17.9. The highest BCUT2D eigenvalue weighted by atomic mass is 32.2. The predicted molar refractivity (Wildman–Crippen MR) is 104 cm³/mol. The van der Waals surface area contributed by atoms with Crippen LogP contribution in [0.4, 0.5) is 0 Å². The topological polar surface area (TPSA) is 38.8 Å². The first-order valence-corrected chi connectivity index (χ1v) is 10.7. The van der Waals surface area contributed by atoms with Crippen LogP contribution in [0.5, 0.6) is 0 Å².